The molecule has 2 N–H and O–H groups in total. The van der Waals surface area contributed by atoms with E-state index in [-0.39, 0.29) is 11.9 Å². The van der Waals surface area contributed by atoms with Crippen LogP contribution in [0, 0.1) is 5.92 Å². The summed E-state index contributed by atoms with van der Waals surface area (Å²) in [4.78, 5) is 11.5. The van der Waals surface area contributed by atoms with E-state index < -0.39 is 0 Å². The van der Waals surface area contributed by atoms with E-state index >= 15 is 0 Å². The van der Waals surface area contributed by atoms with Crippen LogP contribution in [0.15, 0.2) is 0 Å². The van der Waals surface area contributed by atoms with Gasteiger partial charge in [-0.1, -0.05) is 6.92 Å². The molecular weight excluding hydrogens is 184 g/mol. The van der Waals surface area contributed by atoms with Crippen molar-refractivity contribution in [3.63, 3.8) is 0 Å². The fourth-order valence-electron chi connectivity index (χ4n) is 1.28. The lowest BCUT2D eigenvalue weighted by Gasteiger charge is -2.19. The maximum Gasteiger partial charge on any atom is 0.237 e. The molecular formula is C9H18N2OS. The van der Waals surface area contributed by atoms with Gasteiger partial charge in [0.25, 0.3) is 0 Å². The smallest absolute Gasteiger partial charge is 0.237 e. The second-order valence-electron chi connectivity index (χ2n) is 3.64. The van der Waals surface area contributed by atoms with Crippen molar-refractivity contribution in [2.24, 2.45) is 5.92 Å². The van der Waals surface area contributed by atoms with Crippen LogP contribution >= 0.6 is 11.8 Å². The van der Waals surface area contributed by atoms with E-state index in [0.29, 0.717) is 12.0 Å². The van der Waals surface area contributed by atoms with Crippen molar-refractivity contribution >= 4 is 17.7 Å². The first-order chi connectivity index (χ1) is 6.15. The molecule has 0 bridgehead atoms. The molecule has 1 saturated heterocycles. The van der Waals surface area contributed by atoms with E-state index in [1.807, 2.05) is 18.7 Å². The third-order valence-corrected chi connectivity index (χ3v) is 3.88. The standard InChI is InChI=1S/C9H18N2OS/c1-6-4-13-5-8(6)11-9(12)7(2)10-3/h6-8,10H,4-5H2,1-3H3,(H,11,12)/t6?,7-,8?/m0/s1. The van der Waals surface area contributed by atoms with Gasteiger partial charge in [0.2, 0.25) is 5.91 Å². The lowest BCUT2D eigenvalue weighted by atomic mass is 10.1. The Morgan fingerprint density at radius 2 is 2.23 bits per heavy atom. The Hall–Kier alpha value is -0.220. The third-order valence-electron chi connectivity index (χ3n) is 2.52. The monoisotopic (exact) mass is 202 g/mol. The van der Waals surface area contributed by atoms with E-state index in [1.165, 1.54) is 5.75 Å². The van der Waals surface area contributed by atoms with Gasteiger partial charge in [0.15, 0.2) is 0 Å². The molecule has 13 heavy (non-hydrogen) atoms. The number of carbonyl (C=O) groups is 1. The van der Waals surface area contributed by atoms with Gasteiger partial charge in [-0.2, -0.15) is 11.8 Å². The Labute approximate surface area is 84.0 Å². The minimum atomic E-state index is -0.0854. The van der Waals surface area contributed by atoms with Gasteiger partial charge in [-0.05, 0) is 25.6 Å². The van der Waals surface area contributed by atoms with Crippen molar-refractivity contribution in [3.05, 3.63) is 0 Å². The third kappa shape index (κ3) is 2.88. The normalized spacial score (nSPS) is 30.1. The summed E-state index contributed by atoms with van der Waals surface area (Å²) in [5.41, 5.74) is 0. The molecule has 0 saturated carbocycles. The fraction of sp³-hybridized carbons (Fsp3) is 0.889. The van der Waals surface area contributed by atoms with E-state index in [4.69, 9.17) is 0 Å². The maximum atomic E-state index is 11.5. The van der Waals surface area contributed by atoms with Crippen LogP contribution in [-0.4, -0.2) is 36.5 Å². The molecule has 3 atom stereocenters. The van der Waals surface area contributed by atoms with Crippen molar-refractivity contribution in [1.29, 1.82) is 0 Å². The molecule has 1 fully saturated rings. The molecule has 76 valence electrons. The number of hydrogen-bond acceptors (Lipinski definition) is 3. The second-order valence-corrected chi connectivity index (χ2v) is 4.72. The first-order valence-electron chi connectivity index (χ1n) is 4.70. The topological polar surface area (TPSA) is 41.1 Å². The zero-order valence-corrected chi connectivity index (χ0v) is 9.28. The summed E-state index contributed by atoms with van der Waals surface area (Å²) in [6, 6.07) is 0.283. The molecule has 0 radical (unpaired) electrons. The van der Waals surface area contributed by atoms with E-state index in [1.54, 1.807) is 7.05 Å². The van der Waals surface area contributed by atoms with E-state index in [2.05, 4.69) is 17.6 Å². The Morgan fingerprint density at radius 1 is 1.54 bits per heavy atom. The van der Waals surface area contributed by atoms with Gasteiger partial charge in [-0.3, -0.25) is 4.79 Å². The van der Waals surface area contributed by atoms with Gasteiger partial charge in [-0.15, -0.1) is 0 Å². The Bertz CT molecular complexity index is 186. The lowest BCUT2D eigenvalue weighted by Crippen LogP contribution is -2.47. The molecule has 0 aromatic carbocycles. The molecule has 1 heterocycles. The summed E-state index contributed by atoms with van der Waals surface area (Å²) in [7, 11) is 1.80. The predicted octanol–water partition coefficient (Wildman–Crippen LogP) is 0.462. The summed E-state index contributed by atoms with van der Waals surface area (Å²) < 4.78 is 0. The predicted molar refractivity (Wildman–Crippen MR) is 56.9 cm³/mol. The molecule has 1 amide bonds. The molecule has 4 heteroatoms. The number of likely N-dealkylation sites (N-methyl/N-ethyl adjacent to an activating group) is 1. The molecule has 0 aromatic rings. The Balaban J connectivity index is 2.35. The SMILES string of the molecule is CN[C@@H](C)C(=O)NC1CSCC1C. The van der Waals surface area contributed by atoms with Gasteiger partial charge in [0.05, 0.1) is 6.04 Å². The lowest BCUT2D eigenvalue weighted by molar-refractivity contribution is -0.123. The highest BCUT2D eigenvalue weighted by Gasteiger charge is 2.26. The van der Waals surface area contributed by atoms with Crippen LogP contribution in [0.3, 0.4) is 0 Å². The van der Waals surface area contributed by atoms with Crippen molar-refractivity contribution in [1.82, 2.24) is 10.6 Å². The van der Waals surface area contributed by atoms with Crippen LogP contribution in [-0.2, 0) is 4.79 Å². The molecule has 1 rings (SSSR count). The van der Waals surface area contributed by atoms with Gasteiger partial charge in [-0.25, -0.2) is 0 Å². The number of carbonyl (C=O) groups excluding carboxylic acids is 1. The Kier molecular flexibility index (Phi) is 4.06. The zero-order valence-electron chi connectivity index (χ0n) is 8.46. The van der Waals surface area contributed by atoms with Gasteiger partial charge < -0.3 is 10.6 Å². The van der Waals surface area contributed by atoms with Crippen LogP contribution in [0.4, 0.5) is 0 Å². The average Bonchev–Trinajstić information content (AvgIpc) is 2.50. The van der Waals surface area contributed by atoms with Gasteiger partial charge in [0, 0.05) is 11.8 Å². The van der Waals surface area contributed by atoms with Crippen LogP contribution in [0.2, 0.25) is 0 Å². The summed E-state index contributed by atoms with van der Waals surface area (Å²) in [6.07, 6.45) is 0. The highest BCUT2D eigenvalue weighted by molar-refractivity contribution is 7.99. The van der Waals surface area contributed by atoms with Crippen LogP contribution in [0.1, 0.15) is 13.8 Å². The molecule has 0 aliphatic carbocycles. The first kappa shape index (κ1) is 10.9. The average molecular weight is 202 g/mol. The van der Waals surface area contributed by atoms with E-state index in [0.717, 1.165) is 5.75 Å². The van der Waals surface area contributed by atoms with Gasteiger partial charge in [0.1, 0.15) is 0 Å². The van der Waals surface area contributed by atoms with Crippen molar-refractivity contribution in [2.75, 3.05) is 18.6 Å². The fourth-order valence-corrected chi connectivity index (χ4v) is 2.69. The summed E-state index contributed by atoms with van der Waals surface area (Å²) in [5, 5.41) is 5.99. The van der Waals surface area contributed by atoms with Gasteiger partial charge >= 0.3 is 0 Å². The molecule has 1 aliphatic rings. The molecule has 0 aromatic heterocycles. The number of nitrogens with one attached hydrogen (secondary N) is 2. The first-order valence-corrected chi connectivity index (χ1v) is 5.86. The highest BCUT2D eigenvalue weighted by Crippen LogP contribution is 2.23. The summed E-state index contributed by atoms with van der Waals surface area (Å²) in [6.45, 7) is 4.07. The summed E-state index contributed by atoms with van der Waals surface area (Å²) >= 11 is 1.92. The minimum Gasteiger partial charge on any atom is -0.351 e. The molecule has 1 aliphatic heterocycles. The molecule has 0 spiro atoms. The quantitative estimate of drug-likeness (QED) is 0.698. The Morgan fingerprint density at radius 3 is 2.69 bits per heavy atom. The van der Waals surface area contributed by atoms with Crippen molar-refractivity contribution in [3.8, 4) is 0 Å². The van der Waals surface area contributed by atoms with Crippen LogP contribution in [0.5, 0.6) is 0 Å². The number of amides is 1. The number of thioether (sulfide) groups is 1. The van der Waals surface area contributed by atoms with Crippen LogP contribution in [0.25, 0.3) is 0 Å². The van der Waals surface area contributed by atoms with Crippen LogP contribution < -0.4 is 10.6 Å². The van der Waals surface area contributed by atoms with E-state index in [9.17, 15) is 4.79 Å². The molecule has 2 unspecified atom stereocenters. The number of rotatable bonds is 3. The number of hydrogen-bond donors (Lipinski definition) is 2. The van der Waals surface area contributed by atoms with Crippen molar-refractivity contribution < 1.29 is 4.79 Å². The highest BCUT2D eigenvalue weighted by atomic mass is 32.2. The second kappa shape index (κ2) is 4.86. The minimum absolute atomic E-state index is 0.0854. The molecule has 3 nitrogen and oxygen atoms in total. The maximum absolute atomic E-state index is 11.5. The zero-order chi connectivity index (χ0) is 9.84. The largest absolute Gasteiger partial charge is 0.351 e. The van der Waals surface area contributed by atoms with Crippen molar-refractivity contribution in [2.45, 2.75) is 25.9 Å². The summed E-state index contributed by atoms with van der Waals surface area (Å²) in [5.74, 6) is 2.95.